The number of hydrogen-bond donors (Lipinski definition) is 1. The maximum Gasteiger partial charge on any atom is 0.239 e. The van der Waals surface area contributed by atoms with Crippen molar-refractivity contribution in [2.24, 2.45) is 0 Å². The number of nitrogens with one attached hydrogen (secondary N) is 1. The first-order valence-electron chi connectivity index (χ1n) is 10.0. The Morgan fingerprint density at radius 2 is 1.97 bits per heavy atom. The summed E-state index contributed by atoms with van der Waals surface area (Å²) in [4.78, 5) is 21.3. The highest BCUT2D eigenvalue weighted by atomic mass is 32.1. The zero-order valence-electron chi connectivity index (χ0n) is 17.2. The quantitative estimate of drug-likeness (QED) is 0.571. The van der Waals surface area contributed by atoms with Gasteiger partial charge in [0.25, 0.3) is 0 Å². The van der Waals surface area contributed by atoms with E-state index < -0.39 is 0 Å². The number of amides is 1. The molecule has 1 fully saturated rings. The minimum absolute atomic E-state index is 0.0907. The Kier molecular flexibility index (Phi) is 6.90. The van der Waals surface area contributed by atoms with E-state index in [1.54, 1.807) is 36.5 Å². The summed E-state index contributed by atoms with van der Waals surface area (Å²) in [6, 6.07) is 7.66. The molecule has 4 rings (SSSR count). The Balaban J connectivity index is 1.17. The van der Waals surface area contributed by atoms with E-state index in [9.17, 15) is 9.18 Å². The molecule has 0 bridgehead atoms. The SMILES string of the molecule is Cc1cc(NC(=O)CN2CCN(Cc3csc(COc4ccc(F)cc4)n3)CC2)no1. The van der Waals surface area contributed by atoms with Crippen LogP contribution >= 0.6 is 11.3 Å². The molecule has 1 N–H and O–H groups in total. The van der Waals surface area contributed by atoms with Gasteiger partial charge >= 0.3 is 0 Å². The third-order valence-corrected chi connectivity index (χ3v) is 5.76. The Hall–Kier alpha value is -2.82. The summed E-state index contributed by atoms with van der Waals surface area (Å²) in [5.41, 5.74) is 1.01. The molecule has 3 aromatic rings. The minimum atomic E-state index is -0.283. The van der Waals surface area contributed by atoms with Crippen LogP contribution in [-0.4, -0.2) is 58.6 Å². The molecule has 0 saturated carbocycles. The van der Waals surface area contributed by atoms with E-state index in [0.29, 0.717) is 30.5 Å². The molecule has 0 atom stereocenters. The maximum absolute atomic E-state index is 13.0. The zero-order valence-corrected chi connectivity index (χ0v) is 18.0. The second-order valence-corrected chi connectivity index (χ2v) is 8.34. The molecule has 31 heavy (non-hydrogen) atoms. The molecule has 0 aliphatic carbocycles. The number of aromatic nitrogens is 2. The normalized spacial score (nSPS) is 15.2. The van der Waals surface area contributed by atoms with Gasteiger partial charge in [-0.25, -0.2) is 9.37 Å². The van der Waals surface area contributed by atoms with E-state index in [1.165, 1.54) is 12.1 Å². The number of aryl methyl sites for hydroxylation is 1. The predicted octanol–water partition coefficient (Wildman–Crippen LogP) is 2.91. The van der Waals surface area contributed by atoms with Gasteiger partial charge < -0.3 is 14.6 Å². The van der Waals surface area contributed by atoms with Crippen molar-refractivity contribution in [3.8, 4) is 5.75 Å². The highest BCUT2D eigenvalue weighted by Crippen LogP contribution is 2.17. The van der Waals surface area contributed by atoms with Crippen molar-refractivity contribution >= 4 is 23.1 Å². The van der Waals surface area contributed by atoms with Gasteiger partial charge in [0.2, 0.25) is 5.91 Å². The molecule has 8 nitrogen and oxygen atoms in total. The topological polar surface area (TPSA) is 83.7 Å². The van der Waals surface area contributed by atoms with Crippen LogP contribution in [0, 0.1) is 12.7 Å². The Morgan fingerprint density at radius 3 is 2.68 bits per heavy atom. The molecular weight excluding hydrogens is 421 g/mol. The van der Waals surface area contributed by atoms with Crippen LogP contribution in [0.3, 0.4) is 0 Å². The lowest BCUT2D eigenvalue weighted by Gasteiger charge is -2.33. The third-order valence-electron chi connectivity index (χ3n) is 4.89. The molecule has 1 aliphatic heterocycles. The molecule has 1 aromatic carbocycles. The Morgan fingerprint density at radius 1 is 1.23 bits per heavy atom. The van der Waals surface area contributed by atoms with Crippen molar-refractivity contribution < 1.29 is 18.4 Å². The van der Waals surface area contributed by atoms with Crippen LogP contribution in [0.1, 0.15) is 16.5 Å². The number of carbonyl (C=O) groups excluding carboxylic acids is 1. The number of rotatable bonds is 8. The summed E-state index contributed by atoms with van der Waals surface area (Å²) in [6.07, 6.45) is 0. The summed E-state index contributed by atoms with van der Waals surface area (Å²) in [7, 11) is 0. The molecule has 1 saturated heterocycles. The molecule has 1 amide bonds. The lowest BCUT2D eigenvalue weighted by atomic mass is 10.3. The molecule has 164 valence electrons. The van der Waals surface area contributed by atoms with E-state index >= 15 is 0 Å². The van der Waals surface area contributed by atoms with Crippen molar-refractivity contribution in [2.45, 2.75) is 20.1 Å². The van der Waals surface area contributed by atoms with Gasteiger partial charge in [0.05, 0.1) is 12.2 Å². The van der Waals surface area contributed by atoms with Crippen molar-refractivity contribution in [3.63, 3.8) is 0 Å². The molecule has 0 spiro atoms. The van der Waals surface area contributed by atoms with Crippen molar-refractivity contribution in [2.75, 3.05) is 38.0 Å². The van der Waals surface area contributed by atoms with Crippen molar-refractivity contribution in [1.29, 1.82) is 0 Å². The smallest absolute Gasteiger partial charge is 0.239 e. The second-order valence-electron chi connectivity index (χ2n) is 7.40. The van der Waals surface area contributed by atoms with Crippen LogP contribution in [0.5, 0.6) is 5.75 Å². The fourth-order valence-corrected chi connectivity index (χ4v) is 4.01. The second kappa shape index (κ2) is 9.99. The lowest BCUT2D eigenvalue weighted by Crippen LogP contribution is -2.48. The number of hydrogen-bond acceptors (Lipinski definition) is 8. The maximum atomic E-state index is 13.0. The van der Waals surface area contributed by atoms with E-state index in [-0.39, 0.29) is 11.7 Å². The largest absolute Gasteiger partial charge is 0.486 e. The predicted molar refractivity (Wildman–Crippen MR) is 114 cm³/mol. The first kappa shape index (κ1) is 21.4. The van der Waals surface area contributed by atoms with Gasteiger partial charge in [0.15, 0.2) is 5.82 Å². The summed E-state index contributed by atoms with van der Waals surface area (Å²) in [5, 5.41) is 9.46. The van der Waals surface area contributed by atoms with Gasteiger partial charge in [0, 0.05) is 44.2 Å². The van der Waals surface area contributed by atoms with Gasteiger partial charge in [-0.1, -0.05) is 5.16 Å². The van der Waals surface area contributed by atoms with Crippen LogP contribution in [0.25, 0.3) is 0 Å². The number of benzene rings is 1. The van der Waals surface area contributed by atoms with Crippen LogP contribution in [0.15, 0.2) is 40.2 Å². The van der Waals surface area contributed by atoms with Crippen LogP contribution in [0.4, 0.5) is 10.2 Å². The lowest BCUT2D eigenvalue weighted by molar-refractivity contribution is -0.117. The van der Waals surface area contributed by atoms with E-state index in [0.717, 1.165) is 43.4 Å². The first-order valence-corrected chi connectivity index (χ1v) is 10.9. The molecule has 3 heterocycles. The average Bonchev–Trinajstić information content (AvgIpc) is 3.37. The first-order chi connectivity index (χ1) is 15.0. The molecule has 2 aromatic heterocycles. The van der Waals surface area contributed by atoms with Crippen LogP contribution in [-0.2, 0) is 17.9 Å². The highest BCUT2D eigenvalue weighted by Gasteiger charge is 2.20. The number of nitrogens with zero attached hydrogens (tertiary/aromatic N) is 4. The van der Waals surface area contributed by atoms with Crippen molar-refractivity contribution in [3.05, 3.63) is 58.0 Å². The van der Waals surface area contributed by atoms with Gasteiger partial charge in [-0.05, 0) is 31.2 Å². The van der Waals surface area contributed by atoms with Gasteiger partial charge in [-0.2, -0.15) is 0 Å². The zero-order chi connectivity index (χ0) is 21.6. The number of piperazine rings is 1. The summed E-state index contributed by atoms with van der Waals surface area (Å²) in [5.74, 6) is 1.36. The number of halogens is 1. The highest BCUT2D eigenvalue weighted by molar-refractivity contribution is 7.09. The van der Waals surface area contributed by atoms with Gasteiger partial charge in [-0.15, -0.1) is 11.3 Å². The van der Waals surface area contributed by atoms with E-state index in [4.69, 9.17) is 9.26 Å². The van der Waals surface area contributed by atoms with Crippen LogP contribution in [0.2, 0.25) is 0 Å². The van der Waals surface area contributed by atoms with E-state index in [1.807, 2.05) is 5.38 Å². The van der Waals surface area contributed by atoms with Gasteiger partial charge in [-0.3, -0.25) is 14.6 Å². The van der Waals surface area contributed by atoms with E-state index in [2.05, 4.69) is 25.3 Å². The summed E-state index contributed by atoms with van der Waals surface area (Å²) >= 11 is 1.56. The molecule has 10 heteroatoms. The Labute approximate surface area is 183 Å². The number of carbonyl (C=O) groups is 1. The van der Waals surface area contributed by atoms with Crippen molar-refractivity contribution in [1.82, 2.24) is 19.9 Å². The van der Waals surface area contributed by atoms with Gasteiger partial charge in [0.1, 0.15) is 28.9 Å². The summed E-state index contributed by atoms with van der Waals surface area (Å²) < 4.78 is 23.6. The number of anilines is 1. The molecule has 0 radical (unpaired) electrons. The Bertz CT molecular complexity index is 999. The summed E-state index contributed by atoms with van der Waals surface area (Å²) in [6.45, 7) is 6.62. The number of thiazole rings is 1. The van der Waals surface area contributed by atoms with Crippen LogP contribution < -0.4 is 10.1 Å². The third kappa shape index (κ3) is 6.33. The molecular formula is C21H24FN5O3S. The fourth-order valence-electron chi connectivity index (χ4n) is 3.31. The fraction of sp³-hybridized carbons (Fsp3) is 0.381. The minimum Gasteiger partial charge on any atom is -0.486 e. The molecule has 0 unspecified atom stereocenters. The standard InChI is InChI=1S/C21H24FN5O3S/c1-15-10-19(25-30-15)24-20(28)12-27-8-6-26(7-9-27)11-17-14-31-21(23-17)13-29-18-4-2-16(22)3-5-18/h2-5,10,14H,6-9,11-13H2,1H3,(H,24,25,28). The molecule has 1 aliphatic rings. The monoisotopic (exact) mass is 445 g/mol. The average molecular weight is 446 g/mol. The number of ether oxygens (including phenoxy) is 1.